The van der Waals surface area contributed by atoms with E-state index in [4.69, 9.17) is 24.3 Å². The van der Waals surface area contributed by atoms with Crippen LogP contribution in [-0.2, 0) is 17.6 Å². The van der Waals surface area contributed by atoms with Gasteiger partial charge in [-0.25, -0.2) is 0 Å². The fourth-order valence-electron chi connectivity index (χ4n) is 4.02. The van der Waals surface area contributed by atoms with Crippen molar-refractivity contribution in [2.45, 2.75) is 24.2 Å². The first-order chi connectivity index (χ1) is 15.9. The molecule has 8 nitrogen and oxygen atoms in total. The topological polar surface area (TPSA) is 107 Å². The van der Waals surface area contributed by atoms with E-state index in [1.807, 2.05) is 6.07 Å². The molecule has 4 rings (SSSR count). The van der Waals surface area contributed by atoms with Crippen molar-refractivity contribution >= 4 is 40.2 Å². The van der Waals surface area contributed by atoms with Crippen LogP contribution in [0.3, 0.4) is 0 Å². The Balaban J connectivity index is 1.67. The molecule has 1 aliphatic carbocycles. The molecular formula is C24H24N2O6S. The van der Waals surface area contributed by atoms with Gasteiger partial charge in [0.25, 0.3) is 5.91 Å². The van der Waals surface area contributed by atoms with Crippen LogP contribution in [0.1, 0.15) is 28.0 Å². The molecule has 3 aromatic rings. The molecule has 0 saturated heterocycles. The van der Waals surface area contributed by atoms with Crippen LogP contribution in [0.4, 0.5) is 5.69 Å². The zero-order valence-electron chi connectivity index (χ0n) is 18.6. The zero-order valence-corrected chi connectivity index (χ0v) is 19.4. The molecule has 1 amide bonds. The number of ether oxygens (including phenoxy) is 3. The number of benzene rings is 2. The number of aromatic nitrogens is 1. The van der Waals surface area contributed by atoms with E-state index >= 15 is 0 Å². The first-order valence-electron chi connectivity index (χ1n) is 10.4. The van der Waals surface area contributed by atoms with Gasteiger partial charge in [0.05, 0.1) is 32.6 Å². The Morgan fingerprint density at radius 1 is 1.06 bits per heavy atom. The number of hydrogen-bond acceptors (Lipinski definition) is 7. The molecule has 2 aromatic carbocycles. The first kappa shape index (κ1) is 22.7. The molecule has 0 radical (unpaired) electrons. The van der Waals surface area contributed by atoms with E-state index < -0.39 is 5.97 Å². The van der Waals surface area contributed by atoms with Gasteiger partial charge in [-0.15, -0.1) is 11.8 Å². The number of carboxylic acids is 1. The van der Waals surface area contributed by atoms with Crippen molar-refractivity contribution in [2.75, 3.05) is 32.4 Å². The summed E-state index contributed by atoms with van der Waals surface area (Å²) in [6.07, 6.45) is 2.74. The lowest BCUT2D eigenvalue weighted by molar-refractivity contribution is -0.133. The summed E-state index contributed by atoms with van der Waals surface area (Å²) in [5.74, 6) is 0.111. The van der Waals surface area contributed by atoms with Crippen molar-refractivity contribution in [2.24, 2.45) is 0 Å². The number of aliphatic carboxylic acids is 1. The van der Waals surface area contributed by atoms with Crippen LogP contribution in [-0.4, -0.2) is 49.0 Å². The number of thioether (sulfide) groups is 1. The summed E-state index contributed by atoms with van der Waals surface area (Å²) >= 11 is 1.31. The third kappa shape index (κ3) is 4.54. The van der Waals surface area contributed by atoms with Crippen LogP contribution in [0.25, 0.3) is 10.9 Å². The molecule has 0 saturated carbocycles. The predicted octanol–water partition coefficient (Wildman–Crippen LogP) is 4.18. The van der Waals surface area contributed by atoms with Crippen LogP contribution < -0.4 is 19.5 Å². The third-order valence-corrected chi connectivity index (χ3v) is 6.63. The molecule has 0 unspecified atom stereocenters. The summed E-state index contributed by atoms with van der Waals surface area (Å²) in [6.45, 7) is 0. The van der Waals surface area contributed by atoms with Crippen molar-refractivity contribution in [3.05, 3.63) is 47.2 Å². The minimum atomic E-state index is -0.863. The van der Waals surface area contributed by atoms with Gasteiger partial charge in [0.1, 0.15) is 0 Å². The second kappa shape index (κ2) is 9.58. The summed E-state index contributed by atoms with van der Waals surface area (Å²) in [5, 5.41) is 12.9. The number of anilines is 1. The largest absolute Gasteiger partial charge is 0.493 e. The average Bonchev–Trinajstić information content (AvgIpc) is 3.28. The fourth-order valence-corrected chi connectivity index (χ4v) is 5.01. The Bertz CT molecular complexity index is 1220. The fraction of sp³-hybridized carbons (Fsp3) is 0.292. The van der Waals surface area contributed by atoms with Gasteiger partial charge >= 0.3 is 5.97 Å². The standard InChI is InChI=1S/C24H24N2O6S/c1-30-19-10-14(11-20(31-2)22(19)32-3)25-24(29)13-7-8-16-18(9-13)26-17-6-4-5-15(17)23(16)33-12-21(27)28/h7-11H,4-6,12H2,1-3H3,(H,25,29)(H,27,28). The van der Waals surface area contributed by atoms with Gasteiger partial charge in [-0.2, -0.15) is 0 Å². The van der Waals surface area contributed by atoms with E-state index in [1.54, 1.807) is 24.3 Å². The van der Waals surface area contributed by atoms with Crippen molar-refractivity contribution < 1.29 is 28.9 Å². The second-order valence-corrected chi connectivity index (χ2v) is 8.49. The number of nitrogens with zero attached hydrogens (tertiary/aromatic N) is 1. The number of aryl methyl sites for hydroxylation is 1. The number of rotatable bonds is 8. The molecule has 9 heteroatoms. The van der Waals surface area contributed by atoms with E-state index in [9.17, 15) is 9.59 Å². The first-order valence-corrected chi connectivity index (χ1v) is 11.3. The van der Waals surface area contributed by atoms with Gasteiger partial charge in [0.15, 0.2) is 11.5 Å². The number of pyridine rings is 1. The van der Waals surface area contributed by atoms with Gasteiger partial charge in [-0.05, 0) is 37.0 Å². The molecule has 0 spiro atoms. The Morgan fingerprint density at radius 3 is 2.42 bits per heavy atom. The number of carbonyl (C=O) groups excluding carboxylic acids is 1. The Hall–Kier alpha value is -3.46. The van der Waals surface area contributed by atoms with Crippen LogP contribution in [0.15, 0.2) is 35.2 Å². The van der Waals surface area contributed by atoms with Crippen molar-refractivity contribution in [3.8, 4) is 17.2 Å². The highest BCUT2D eigenvalue weighted by molar-refractivity contribution is 8.00. The second-order valence-electron chi connectivity index (χ2n) is 7.50. The minimum Gasteiger partial charge on any atom is -0.493 e. The number of carboxylic acid groups (broad SMARTS) is 1. The maximum Gasteiger partial charge on any atom is 0.313 e. The molecule has 33 heavy (non-hydrogen) atoms. The molecular weight excluding hydrogens is 444 g/mol. The normalized spacial score (nSPS) is 12.3. The molecule has 2 N–H and O–H groups in total. The molecule has 1 aromatic heterocycles. The highest BCUT2D eigenvalue weighted by atomic mass is 32.2. The minimum absolute atomic E-state index is 0.0189. The van der Waals surface area contributed by atoms with Crippen molar-refractivity contribution in [3.63, 3.8) is 0 Å². The Labute approximate surface area is 195 Å². The monoisotopic (exact) mass is 468 g/mol. The van der Waals surface area contributed by atoms with Gasteiger partial charge < -0.3 is 24.6 Å². The molecule has 0 aliphatic heterocycles. The van der Waals surface area contributed by atoms with E-state index in [2.05, 4.69) is 5.32 Å². The molecule has 0 fully saturated rings. The smallest absolute Gasteiger partial charge is 0.313 e. The number of nitrogens with one attached hydrogen (secondary N) is 1. The van der Waals surface area contributed by atoms with Crippen LogP contribution in [0.5, 0.6) is 17.2 Å². The van der Waals surface area contributed by atoms with E-state index in [0.29, 0.717) is 34.0 Å². The van der Waals surface area contributed by atoms with Crippen LogP contribution >= 0.6 is 11.8 Å². The average molecular weight is 469 g/mol. The van der Waals surface area contributed by atoms with E-state index in [1.165, 1.54) is 33.1 Å². The van der Waals surface area contributed by atoms with E-state index in [-0.39, 0.29) is 11.7 Å². The lowest BCUT2D eigenvalue weighted by atomic mass is 10.1. The maximum absolute atomic E-state index is 13.0. The zero-order chi connectivity index (χ0) is 23.5. The van der Waals surface area contributed by atoms with Gasteiger partial charge in [0, 0.05) is 39.4 Å². The predicted molar refractivity (Wildman–Crippen MR) is 126 cm³/mol. The summed E-state index contributed by atoms with van der Waals surface area (Å²) in [4.78, 5) is 29.9. The molecule has 172 valence electrons. The van der Waals surface area contributed by atoms with Crippen molar-refractivity contribution in [1.82, 2.24) is 4.98 Å². The third-order valence-electron chi connectivity index (χ3n) is 5.49. The molecule has 0 atom stereocenters. The Morgan fingerprint density at radius 2 is 1.79 bits per heavy atom. The maximum atomic E-state index is 13.0. The van der Waals surface area contributed by atoms with E-state index in [0.717, 1.165) is 40.8 Å². The summed E-state index contributed by atoms with van der Waals surface area (Å²) in [7, 11) is 4.53. The van der Waals surface area contributed by atoms with Crippen LogP contribution in [0.2, 0.25) is 0 Å². The lowest BCUT2D eigenvalue weighted by Crippen LogP contribution is -2.12. The van der Waals surface area contributed by atoms with Gasteiger partial charge in [-0.1, -0.05) is 6.07 Å². The highest BCUT2D eigenvalue weighted by Gasteiger charge is 2.22. The number of amides is 1. The molecule has 1 heterocycles. The van der Waals surface area contributed by atoms with Gasteiger partial charge in [0.2, 0.25) is 5.75 Å². The summed E-state index contributed by atoms with van der Waals surface area (Å²) < 4.78 is 16.0. The van der Waals surface area contributed by atoms with Crippen molar-refractivity contribution in [1.29, 1.82) is 0 Å². The lowest BCUT2D eigenvalue weighted by Gasteiger charge is -2.15. The summed E-state index contributed by atoms with van der Waals surface area (Å²) in [5.41, 5.74) is 3.73. The highest BCUT2D eigenvalue weighted by Crippen LogP contribution is 2.40. The summed E-state index contributed by atoms with van der Waals surface area (Å²) in [6, 6.07) is 8.63. The Kier molecular flexibility index (Phi) is 6.60. The quantitative estimate of drug-likeness (QED) is 0.474. The van der Waals surface area contributed by atoms with Crippen LogP contribution in [0, 0.1) is 0 Å². The number of methoxy groups -OCH3 is 3. The number of carbonyl (C=O) groups is 2. The SMILES string of the molecule is COc1cc(NC(=O)c2ccc3c(SCC(=O)O)c4c(nc3c2)CCC4)cc(OC)c1OC. The van der Waals surface area contributed by atoms with Gasteiger partial charge in [-0.3, -0.25) is 14.6 Å². The molecule has 1 aliphatic rings. The number of hydrogen-bond donors (Lipinski definition) is 2. The molecule has 0 bridgehead atoms. The number of fused-ring (bicyclic) bond motifs is 2.